The molecule has 0 radical (unpaired) electrons. The summed E-state index contributed by atoms with van der Waals surface area (Å²) in [5.74, 6) is -0.212. The van der Waals surface area contributed by atoms with Crippen molar-refractivity contribution in [2.24, 2.45) is 5.10 Å². The van der Waals surface area contributed by atoms with Crippen molar-refractivity contribution in [1.29, 1.82) is 0 Å². The summed E-state index contributed by atoms with van der Waals surface area (Å²) in [6.45, 7) is 1.48. The smallest absolute Gasteiger partial charge is 0.146 e. The van der Waals surface area contributed by atoms with Crippen LogP contribution in [0.2, 0.25) is 0 Å². The number of hydrazone groups is 1. The van der Waals surface area contributed by atoms with Gasteiger partial charge >= 0.3 is 0 Å². The summed E-state index contributed by atoms with van der Waals surface area (Å²) in [5, 5.41) is 3.86. The molecule has 3 nitrogen and oxygen atoms in total. The predicted molar refractivity (Wildman–Crippen MR) is 50.2 cm³/mol. The Morgan fingerprint density at radius 3 is 2.92 bits per heavy atom. The molecule has 0 saturated heterocycles. The van der Waals surface area contributed by atoms with Crippen molar-refractivity contribution in [2.45, 2.75) is 0 Å². The Labute approximate surface area is 75.9 Å². The Kier molecular flexibility index (Phi) is 2.12. The second-order valence-electron chi connectivity index (χ2n) is 2.80. The number of nitrogens with zero attached hydrogens (tertiary/aromatic N) is 2. The molecule has 1 aromatic rings. The van der Waals surface area contributed by atoms with E-state index in [9.17, 15) is 4.39 Å². The number of nitrogens with one attached hydrogen (secondary N) is 1. The largest absolute Gasteiger partial charge is 0.327 e. The summed E-state index contributed by atoms with van der Waals surface area (Å²) >= 11 is 0. The average Bonchev–Trinajstić information content (AvgIpc) is 2.20. The Morgan fingerprint density at radius 2 is 2.23 bits per heavy atom. The number of hydrogen-bond donors (Lipinski definition) is 1. The van der Waals surface area contributed by atoms with Crippen molar-refractivity contribution in [3.05, 3.63) is 30.1 Å². The van der Waals surface area contributed by atoms with Gasteiger partial charge in [0.1, 0.15) is 12.2 Å². The van der Waals surface area contributed by atoms with Crippen LogP contribution < -0.4 is 10.3 Å². The van der Waals surface area contributed by atoms with Crippen LogP contribution in [0.1, 0.15) is 0 Å². The minimum Gasteiger partial charge on any atom is -0.327 e. The summed E-state index contributed by atoms with van der Waals surface area (Å²) in [6.07, 6.45) is 1.60. The first-order valence-corrected chi connectivity index (χ1v) is 4.15. The predicted octanol–water partition coefficient (Wildman–Crippen LogP) is 1.18. The van der Waals surface area contributed by atoms with E-state index >= 15 is 0 Å². The Hall–Kier alpha value is -1.58. The van der Waals surface area contributed by atoms with Crippen LogP contribution >= 0.6 is 0 Å². The zero-order chi connectivity index (χ0) is 9.10. The average molecular weight is 179 g/mol. The second kappa shape index (κ2) is 3.43. The number of anilines is 1. The van der Waals surface area contributed by atoms with Crippen molar-refractivity contribution in [1.82, 2.24) is 5.43 Å². The summed E-state index contributed by atoms with van der Waals surface area (Å²) < 4.78 is 13.3. The van der Waals surface area contributed by atoms with E-state index in [0.29, 0.717) is 5.69 Å². The molecule has 1 aliphatic heterocycles. The monoisotopic (exact) mass is 179 g/mol. The molecule has 13 heavy (non-hydrogen) atoms. The minimum atomic E-state index is -0.212. The molecular formula is C9H10FN3. The SMILES string of the molecule is Fc1ccccc1N1C=NNCC1. The lowest BCUT2D eigenvalue weighted by Gasteiger charge is -2.23. The standard InChI is InChI=1S/C9H10FN3/c10-8-3-1-2-4-9(8)13-6-5-11-12-7-13/h1-4,7,11H,5-6H2. The molecule has 0 bridgehead atoms. The molecule has 2 rings (SSSR count). The van der Waals surface area contributed by atoms with E-state index in [1.807, 2.05) is 6.07 Å². The fourth-order valence-electron chi connectivity index (χ4n) is 1.27. The highest BCUT2D eigenvalue weighted by atomic mass is 19.1. The van der Waals surface area contributed by atoms with Crippen LogP contribution in [-0.4, -0.2) is 19.4 Å². The fraction of sp³-hybridized carbons (Fsp3) is 0.222. The van der Waals surface area contributed by atoms with Gasteiger partial charge in [0.2, 0.25) is 0 Å². The zero-order valence-corrected chi connectivity index (χ0v) is 7.07. The quantitative estimate of drug-likeness (QED) is 0.701. The molecule has 0 unspecified atom stereocenters. The van der Waals surface area contributed by atoms with E-state index in [1.165, 1.54) is 6.07 Å². The van der Waals surface area contributed by atoms with Gasteiger partial charge in [-0.1, -0.05) is 12.1 Å². The maximum atomic E-state index is 13.3. The Morgan fingerprint density at radius 1 is 1.38 bits per heavy atom. The molecule has 4 heteroatoms. The lowest BCUT2D eigenvalue weighted by Crippen LogP contribution is -2.35. The maximum Gasteiger partial charge on any atom is 0.146 e. The Bertz CT molecular complexity index is 324. The molecule has 1 aliphatic rings. The van der Waals surface area contributed by atoms with Gasteiger partial charge in [-0.15, -0.1) is 0 Å². The highest BCUT2D eigenvalue weighted by Gasteiger charge is 2.10. The molecule has 1 aromatic carbocycles. The lowest BCUT2D eigenvalue weighted by atomic mass is 10.3. The highest BCUT2D eigenvalue weighted by molar-refractivity contribution is 5.79. The lowest BCUT2D eigenvalue weighted by molar-refractivity contribution is 0.620. The van der Waals surface area contributed by atoms with Gasteiger partial charge in [-0.25, -0.2) is 4.39 Å². The number of hydrogen-bond acceptors (Lipinski definition) is 3. The number of para-hydroxylation sites is 1. The van der Waals surface area contributed by atoms with Gasteiger partial charge < -0.3 is 10.3 Å². The van der Waals surface area contributed by atoms with Crippen molar-refractivity contribution in [3.63, 3.8) is 0 Å². The van der Waals surface area contributed by atoms with E-state index < -0.39 is 0 Å². The Balaban J connectivity index is 2.29. The normalized spacial score (nSPS) is 15.6. The molecule has 1 heterocycles. The van der Waals surface area contributed by atoms with Crippen molar-refractivity contribution < 1.29 is 4.39 Å². The van der Waals surface area contributed by atoms with Crippen LogP contribution in [0.3, 0.4) is 0 Å². The summed E-state index contributed by atoms with van der Waals surface area (Å²) in [5.41, 5.74) is 3.39. The van der Waals surface area contributed by atoms with Crippen LogP contribution in [0.15, 0.2) is 29.4 Å². The van der Waals surface area contributed by atoms with E-state index in [1.54, 1.807) is 23.4 Å². The first kappa shape index (κ1) is 8.04. The van der Waals surface area contributed by atoms with Crippen molar-refractivity contribution >= 4 is 12.0 Å². The topological polar surface area (TPSA) is 27.6 Å². The molecular weight excluding hydrogens is 169 g/mol. The van der Waals surface area contributed by atoms with Gasteiger partial charge in [-0.2, -0.15) is 5.10 Å². The molecule has 0 aliphatic carbocycles. The molecule has 68 valence electrons. The zero-order valence-electron chi connectivity index (χ0n) is 7.07. The fourth-order valence-corrected chi connectivity index (χ4v) is 1.27. The van der Waals surface area contributed by atoms with E-state index in [0.717, 1.165) is 13.1 Å². The molecule has 0 saturated carbocycles. The first-order chi connectivity index (χ1) is 6.38. The molecule has 0 aromatic heterocycles. The van der Waals surface area contributed by atoms with Gasteiger partial charge in [0.25, 0.3) is 0 Å². The van der Waals surface area contributed by atoms with Crippen LogP contribution in [0.4, 0.5) is 10.1 Å². The van der Waals surface area contributed by atoms with Crippen molar-refractivity contribution in [2.75, 3.05) is 18.0 Å². The van der Waals surface area contributed by atoms with Crippen LogP contribution in [0.5, 0.6) is 0 Å². The third kappa shape index (κ3) is 1.61. The van der Waals surface area contributed by atoms with Crippen LogP contribution in [0.25, 0.3) is 0 Å². The van der Waals surface area contributed by atoms with Gasteiger partial charge in [0.15, 0.2) is 0 Å². The third-order valence-electron chi connectivity index (χ3n) is 1.91. The molecule has 0 spiro atoms. The minimum absolute atomic E-state index is 0.212. The number of rotatable bonds is 1. The molecule has 0 fully saturated rings. The second-order valence-corrected chi connectivity index (χ2v) is 2.80. The van der Waals surface area contributed by atoms with E-state index in [4.69, 9.17) is 0 Å². The summed E-state index contributed by atoms with van der Waals surface area (Å²) in [6, 6.07) is 6.68. The van der Waals surface area contributed by atoms with Gasteiger partial charge in [-0.3, -0.25) is 0 Å². The van der Waals surface area contributed by atoms with Crippen LogP contribution in [-0.2, 0) is 0 Å². The van der Waals surface area contributed by atoms with Crippen LogP contribution in [0, 0.1) is 5.82 Å². The molecule has 0 amide bonds. The molecule has 0 atom stereocenters. The highest BCUT2D eigenvalue weighted by Crippen LogP contribution is 2.17. The van der Waals surface area contributed by atoms with Gasteiger partial charge in [-0.05, 0) is 12.1 Å². The first-order valence-electron chi connectivity index (χ1n) is 4.15. The van der Waals surface area contributed by atoms with Gasteiger partial charge in [0, 0.05) is 6.54 Å². The number of halogens is 1. The maximum absolute atomic E-state index is 13.3. The third-order valence-corrected chi connectivity index (χ3v) is 1.91. The molecule has 1 N–H and O–H groups in total. The summed E-state index contributed by atoms with van der Waals surface area (Å²) in [4.78, 5) is 1.78. The van der Waals surface area contributed by atoms with Crippen molar-refractivity contribution in [3.8, 4) is 0 Å². The van der Waals surface area contributed by atoms with E-state index in [2.05, 4.69) is 10.5 Å². The van der Waals surface area contributed by atoms with E-state index in [-0.39, 0.29) is 5.82 Å². The number of benzene rings is 1. The van der Waals surface area contributed by atoms with Gasteiger partial charge in [0.05, 0.1) is 12.2 Å². The summed E-state index contributed by atoms with van der Waals surface area (Å²) in [7, 11) is 0.